The van der Waals surface area contributed by atoms with Gasteiger partial charge in [0.05, 0.1) is 16.8 Å². The summed E-state index contributed by atoms with van der Waals surface area (Å²) in [6, 6.07) is 5.74. The molecule has 0 amide bonds. The highest BCUT2D eigenvalue weighted by Crippen LogP contribution is 2.36. The Bertz CT molecular complexity index is 742. The number of hydrogen-bond donors (Lipinski definition) is 0. The summed E-state index contributed by atoms with van der Waals surface area (Å²) in [7, 11) is -0.517. The Morgan fingerprint density at radius 2 is 1.76 bits per heavy atom. The second-order valence-corrected chi connectivity index (χ2v) is 6.35. The molecule has 0 spiro atoms. The van der Waals surface area contributed by atoms with E-state index in [0.29, 0.717) is 22.6 Å². The summed E-state index contributed by atoms with van der Waals surface area (Å²) in [4.78, 5) is 4.24. The molecule has 0 atom stereocenters. The van der Waals surface area contributed by atoms with E-state index in [2.05, 4.69) is 11.1 Å². The number of fused-ring (bicyclic) bond motifs is 1. The van der Waals surface area contributed by atoms with E-state index in [1.807, 2.05) is 33.8 Å². The van der Waals surface area contributed by atoms with Crippen LogP contribution in [-0.2, 0) is 9.31 Å². The third-order valence-electron chi connectivity index (χ3n) is 4.27. The molecule has 0 radical (unpaired) electrons. The van der Waals surface area contributed by atoms with E-state index in [1.165, 1.54) is 0 Å². The highest BCUT2D eigenvalue weighted by molar-refractivity contribution is 6.62. The average molecular weight is 284 g/mol. The molecule has 0 aliphatic carbocycles. The second-order valence-electron chi connectivity index (χ2n) is 6.35. The van der Waals surface area contributed by atoms with Crippen molar-refractivity contribution in [1.29, 1.82) is 5.26 Å². The van der Waals surface area contributed by atoms with Crippen LogP contribution in [0.25, 0.3) is 11.1 Å². The number of nitrogens with zero attached hydrogens (tertiary/aromatic N) is 2. The molecule has 108 valence electrons. The van der Waals surface area contributed by atoms with Crippen molar-refractivity contribution in [2.45, 2.75) is 45.8 Å². The maximum atomic E-state index is 9.30. The van der Waals surface area contributed by atoms with Crippen molar-refractivity contribution < 1.29 is 13.7 Å². The number of rotatable bonds is 1. The Balaban J connectivity index is 2.09. The zero-order chi connectivity index (χ0) is 15.4. The SMILES string of the molecule is Cc1nc2c(C#N)cc(B3OC(C)(C)C(C)(C)O3)cc2o1. The summed E-state index contributed by atoms with van der Waals surface area (Å²) in [6.45, 7) is 9.74. The smallest absolute Gasteiger partial charge is 0.441 e. The molecule has 5 nitrogen and oxygen atoms in total. The molecule has 2 aromatic rings. The number of aromatic nitrogens is 1. The van der Waals surface area contributed by atoms with Gasteiger partial charge in [-0.2, -0.15) is 5.26 Å². The fraction of sp³-hybridized carbons (Fsp3) is 0.467. The maximum Gasteiger partial charge on any atom is 0.495 e. The lowest BCUT2D eigenvalue weighted by Crippen LogP contribution is -2.41. The van der Waals surface area contributed by atoms with E-state index in [1.54, 1.807) is 13.0 Å². The van der Waals surface area contributed by atoms with Crippen LogP contribution >= 0.6 is 0 Å². The lowest BCUT2D eigenvalue weighted by atomic mass is 9.78. The minimum absolute atomic E-state index is 0.420. The minimum Gasteiger partial charge on any atom is -0.441 e. The van der Waals surface area contributed by atoms with Crippen molar-refractivity contribution in [3.63, 3.8) is 0 Å². The zero-order valence-corrected chi connectivity index (χ0v) is 12.9. The van der Waals surface area contributed by atoms with Gasteiger partial charge >= 0.3 is 7.12 Å². The van der Waals surface area contributed by atoms with Gasteiger partial charge in [-0.1, -0.05) is 0 Å². The topological polar surface area (TPSA) is 68.3 Å². The Hall–Kier alpha value is -1.84. The lowest BCUT2D eigenvalue weighted by molar-refractivity contribution is 0.00578. The van der Waals surface area contributed by atoms with Gasteiger partial charge in [-0.25, -0.2) is 4.98 Å². The van der Waals surface area contributed by atoms with Crippen molar-refractivity contribution in [3.8, 4) is 6.07 Å². The first-order chi connectivity index (χ1) is 9.73. The molecule has 3 rings (SSSR count). The predicted molar refractivity (Wildman–Crippen MR) is 79.2 cm³/mol. The Morgan fingerprint density at radius 3 is 2.33 bits per heavy atom. The van der Waals surface area contributed by atoms with Crippen molar-refractivity contribution in [2.75, 3.05) is 0 Å². The summed E-state index contributed by atoms with van der Waals surface area (Å²) in [5.74, 6) is 0.535. The summed E-state index contributed by atoms with van der Waals surface area (Å²) < 4.78 is 17.6. The average Bonchev–Trinajstić information content (AvgIpc) is 2.85. The molecule has 1 aromatic heterocycles. The van der Waals surface area contributed by atoms with E-state index in [0.717, 1.165) is 5.46 Å². The molecule has 1 aliphatic heterocycles. The van der Waals surface area contributed by atoms with Gasteiger partial charge in [0, 0.05) is 6.92 Å². The number of oxazole rings is 1. The van der Waals surface area contributed by atoms with E-state index >= 15 is 0 Å². The normalized spacial score (nSPS) is 19.9. The van der Waals surface area contributed by atoms with Gasteiger partial charge in [-0.05, 0) is 45.3 Å². The second kappa shape index (κ2) is 4.33. The molecule has 6 heteroatoms. The molecule has 1 aromatic carbocycles. The molecule has 1 fully saturated rings. The van der Waals surface area contributed by atoms with Crippen molar-refractivity contribution >= 4 is 23.7 Å². The van der Waals surface area contributed by atoms with Crippen LogP contribution in [0.15, 0.2) is 16.5 Å². The Morgan fingerprint density at radius 1 is 1.14 bits per heavy atom. The van der Waals surface area contributed by atoms with Crippen LogP contribution in [0.5, 0.6) is 0 Å². The predicted octanol–water partition coefficient (Wildman–Crippen LogP) is 2.31. The molecule has 0 unspecified atom stereocenters. The van der Waals surface area contributed by atoms with E-state index in [-0.39, 0.29) is 0 Å². The first kappa shape index (κ1) is 14.1. The first-order valence-corrected chi connectivity index (χ1v) is 6.90. The van der Waals surface area contributed by atoms with Crippen LogP contribution in [0.4, 0.5) is 0 Å². The summed E-state index contributed by atoms with van der Waals surface area (Å²) in [5, 5.41) is 9.30. The Labute approximate surface area is 124 Å². The third-order valence-corrected chi connectivity index (χ3v) is 4.27. The molecule has 1 aliphatic rings. The van der Waals surface area contributed by atoms with Crippen LogP contribution in [0, 0.1) is 18.3 Å². The van der Waals surface area contributed by atoms with E-state index in [9.17, 15) is 5.26 Å². The number of benzene rings is 1. The molecule has 2 heterocycles. The summed E-state index contributed by atoms with van der Waals surface area (Å²) in [6.07, 6.45) is 0. The van der Waals surface area contributed by atoms with E-state index in [4.69, 9.17) is 13.7 Å². The van der Waals surface area contributed by atoms with Gasteiger partial charge in [-0.3, -0.25) is 0 Å². The van der Waals surface area contributed by atoms with E-state index < -0.39 is 18.3 Å². The standard InChI is InChI=1S/C15H17BN2O3/c1-9-18-13-10(8-17)6-11(7-12(13)19-9)16-20-14(2,3)15(4,5)21-16/h6-7H,1-5H3. The van der Waals surface area contributed by atoms with Crippen molar-refractivity contribution in [3.05, 3.63) is 23.6 Å². The van der Waals surface area contributed by atoms with Gasteiger partial charge in [0.1, 0.15) is 11.6 Å². The monoisotopic (exact) mass is 284 g/mol. The van der Waals surface area contributed by atoms with Gasteiger partial charge in [0.25, 0.3) is 0 Å². The minimum atomic E-state index is -0.517. The van der Waals surface area contributed by atoms with Gasteiger partial charge < -0.3 is 13.7 Å². The zero-order valence-electron chi connectivity index (χ0n) is 12.9. The lowest BCUT2D eigenvalue weighted by Gasteiger charge is -2.32. The van der Waals surface area contributed by atoms with Crippen molar-refractivity contribution in [2.24, 2.45) is 0 Å². The Kier molecular flexibility index (Phi) is 2.91. The van der Waals surface area contributed by atoms with Crippen LogP contribution in [0.1, 0.15) is 39.1 Å². The molecular weight excluding hydrogens is 267 g/mol. The number of aryl methyl sites for hydroxylation is 1. The fourth-order valence-electron chi connectivity index (χ4n) is 2.36. The molecule has 21 heavy (non-hydrogen) atoms. The van der Waals surface area contributed by atoms with Crippen LogP contribution in [-0.4, -0.2) is 23.3 Å². The summed E-state index contributed by atoms with van der Waals surface area (Å²) >= 11 is 0. The highest BCUT2D eigenvalue weighted by Gasteiger charge is 2.51. The molecule has 0 saturated carbocycles. The first-order valence-electron chi connectivity index (χ1n) is 6.90. The quantitative estimate of drug-likeness (QED) is 0.752. The summed E-state index contributed by atoms with van der Waals surface area (Å²) in [5.41, 5.74) is 1.56. The van der Waals surface area contributed by atoms with Crippen molar-refractivity contribution in [1.82, 2.24) is 4.98 Å². The molecular formula is C15H17BN2O3. The fourth-order valence-corrected chi connectivity index (χ4v) is 2.36. The van der Waals surface area contributed by atoms with Gasteiger partial charge in [0.15, 0.2) is 11.5 Å². The maximum absolute atomic E-state index is 9.30. The number of nitriles is 1. The van der Waals surface area contributed by atoms with Crippen LogP contribution in [0.3, 0.4) is 0 Å². The van der Waals surface area contributed by atoms with Crippen LogP contribution < -0.4 is 5.46 Å². The highest BCUT2D eigenvalue weighted by atomic mass is 16.7. The van der Waals surface area contributed by atoms with Gasteiger partial charge in [-0.15, -0.1) is 0 Å². The molecule has 0 N–H and O–H groups in total. The third kappa shape index (κ3) is 2.13. The van der Waals surface area contributed by atoms with Crippen LogP contribution in [0.2, 0.25) is 0 Å². The largest absolute Gasteiger partial charge is 0.495 e. The molecule has 0 bridgehead atoms. The number of hydrogen-bond acceptors (Lipinski definition) is 5. The van der Waals surface area contributed by atoms with Gasteiger partial charge in [0.2, 0.25) is 0 Å². The molecule has 1 saturated heterocycles.